The fourth-order valence-electron chi connectivity index (χ4n) is 4.20. The first-order chi connectivity index (χ1) is 12.6. The van der Waals surface area contributed by atoms with Gasteiger partial charge >= 0.3 is 0 Å². The normalized spacial score (nSPS) is 19.8. The molecule has 1 heterocycles. The van der Waals surface area contributed by atoms with Gasteiger partial charge in [-0.3, -0.25) is 4.79 Å². The Morgan fingerprint density at radius 3 is 2.38 bits per heavy atom. The third-order valence-electron chi connectivity index (χ3n) is 5.99. The van der Waals surface area contributed by atoms with Crippen LogP contribution in [0.4, 0.5) is 0 Å². The Balaban J connectivity index is 1.31. The molecule has 1 saturated heterocycles. The minimum absolute atomic E-state index is 0.0174. The number of amides is 1. The number of nitrogens with one attached hydrogen (secondary N) is 1. The van der Waals surface area contributed by atoms with Crippen LogP contribution in [0.3, 0.4) is 0 Å². The lowest BCUT2D eigenvalue weighted by Gasteiger charge is -2.36. The monoisotopic (exact) mass is 358 g/mol. The van der Waals surface area contributed by atoms with Crippen LogP contribution in [0.25, 0.3) is 0 Å². The molecule has 2 aliphatic rings. The van der Waals surface area contributed by atoms with Gasteiger partial charge in [0, 0.05) is 12.6 Å². The van der Waals surface area contributed by atoms with E-state index in [4.69, 9.17) is 4.74 Å². The Bertz CT molecular complexity index is 556. The third-order valence-corrected chi connectivity index (χ3v) is 5.99. The minimum Gasteiger partial charge on any atom is -0.484 e. The van der Waals surface area contributed by atoms with Gasteiger partial charge in [0.2, 0.25) is 0 Å². The van der Waals surface area contributed by atoms with Gasteiger partial charge in [-0.25, -0.2) is 0 Å². The lowest BCUT2D eigenvalue weighted by Crippen LogP contribution is -2.43. The Labute approximate surface area is 158 Å². The predicted molar refractivity (Wildman–Crippen MR) is 106 cm³/mol. The molecular formula is C22H34N2O2. The summed E-state index contributed by atoms with van der Waals surface area (Å²) in [6.07, 6.45) is 7.98. The van der Waals surface area contributed by atoms with Crippen molar-refractivity contribution in [1.29, 1.82) is 0 Å². The highest BCUT2D eigenvalue weighted by Gasteiger charge is 2.27. The molecule has 2 fully saturated rings. The highest BCUT2D eigenvalue weighted by molar-refractivity contribution is 5.77. The molecule has 4 nitrogen and oxygen atoms in total. The molecule has 0 spiro atoms. The van der Waals surface area contributed by atoms with Gasteiger partial charge in [-0.05, 0) is 68.3 Å². The summed E-state index contributed by atoms with van der Waals surface area (Å²) < 4.78 is 5.61. The molecular weight excluding hydrogens is 324 g/mol. The number of carbonyl (C=O) groups is 1. The van der Waals surface area contributed by atoms with E-state index in [2.05, 4.69) is 36.2 Å². The van der Waals surface area contributed by atoms with Crippen LogP contribution in [-0.2, 0) is 4.79 Å². The van der Waals surface area contributed by atoms with Gasteiger partial charge in [-0.15, -0.1) is 0 Å². The first-order valence-electron chi connectivity index (χ1n) is 10.4. The lowest BCUT2D eigenvalue weighted by molar-refractivity contribution is -0.123. The summed E-state index contributed by atoms with van der Waals surface area (Å²) in [6, 6.07) is 8.86. The van der Waals surface area contributed by atoms with Crippen LogP contribution in [0.15, 0.2) is 24.3 Å². The van der Waals surface area contributed by atoms with E-state index >= 15 is 0 Å². The van der Waals surface area contributed by atoms with Crippen molar-refractivity contribution in [2.24, 2.45) is 5.92 Å². The van der Waals surface area contributed by atoms with Crippen molar-refractivity contribution < 1.29 is 9.53 Å². The maximum Gasteiger partial charge on any atom is 0.257 e. The molecule has 1 aromatic carbocycles. The summed E-state index contributed by atoms with van der Waals surface area (Å²) >= 11 is 0. The fraction of sp³-hybridized carbons (Fsp3) is 0.682. The van der Waals surface area contributed by atoms with Crippen LogP contribution in [0.2, 0.25) is 0 Å². The van der Waals surface area contributed by atoms with Crippen LogP contribution in [-0.4, -0.2) is 43.1 Å². The summed E-state index contributed by atoms with van der Waals surface area (Å²) in [7, 11) is 0. The van der Waals surface area contributed by atoms with E-state index in [1.165, 1.54) is 57.2 Å². The summed E-state index contributed by atoms with van der Waals surface area (Å²) in [4.78, 5) is 14.7. The number of hydrogen-bond donors (Lipinski definition) is 1. The number of piperidine rings is 1. The molecule has 1 aliphatic heterocycles. The van der Waals surface area contributed by atoms with Gasteiger partial charge in [-0.2, -0.15) is 0 Å². The number of ether oxygens (including phenoxy) is 1. The number of likely N-dealkylation sites (tertiary alicyclic amines) is 1. The van der Waals surface area contributed by atoms with Crippen LogP contribution in [0.5, 0.6) is 5.75 Å². The molecule has 0 aromatic heterocycles. The Hall–Kier alpha value is -1.55. The molecule has 1 aliphatic carbocycles. The van der Waals surface area contributed by atoms with E-state index in [1.54, 1.807) is 0 Å². The molecule has 1 N–H and O–H groups in total. The molecule has 0 unspecified atom stereocenters. The first-order valence-corrected chi connectivity index (χ1v) is 10.4. The number of rotatable bonds is 7. The first kappa shape index (κ1) is 19.2. The van der Waals surface area contributed by atoms with E-state index in [0.717, 1.165) is 18.3 Å². The quantitative estimate of drug-likeness (QED) is 0.802. The zero-order valence-electron chi connectivity index (χ0n) is 16.4. The molecule has 0 radical (unpaired) electrons. The standard InChI is InChI=1S/C22H34N2O2/c1-17(2)19-7-9-21(10-8-19)26-16-22(25)23-15-18-11-13-24(14-12-18)20-5-3-4-6-20/h7-10,17-18,20H,3-6,11-16H2,1-2H3,(H,23,25). The van der Waals surface area contributed by atoms with Crippen molar-refractivity contribution in [2.45, 2.75) is 64.3 Å². The van der Waals surface area contributed by atoms with E-state index in [0.29, 0.717) is 11.8 Å². The minimum atomic E-state index is -0.0174. The largest absolute Gasteiger partial charge is 0.484 e. The Morgan fingerprint density at radius 2 is 1.77 bits per heavy atom. The zero-order valence-corrected chi connectivity index (χ0v) is 16.4. The molecule has 144 valence electrons. The van der Waals surface area contributed by atoms with Crippen molar-refractivity contribution >= 4 is 5.91 Å². The van der Waals surface area contributed by atoms with Gasteiger partial charge < -0.3 is 15.0 Å². The second kappa shape index (κ2) is 9.40. The van der Waals surface area contributed by atoms with E-state index in [1.807, 2.05) is 12.1 Å². The van der Waals surface area contributed by atoms with E-state index < -0.39 is 0 Å². The van der Waals surface area contributed by atoms with Crippen molar-refractivity contribution in [1.82, 2.24) is 10.2 Å². The highest BCUT2D eigenvalue weighted by Crippen LogP contribution is 2.27. The Morgan fingerprint density at radius 1 is 1.12 bits per heavy atom. The number of benzene rings is 1. The van der Waals surface area contributed by atoms with E-state index in [9.17, 15) is 4.79 Å². The molecule has 0 atom stereocenters. The third kappa shape index (κ3) is 5.47. The van der Waals surface area contributed by atoms with Gasteiger partial charge in [0.15, 0.2) is 6.61 Å². The topological polar surface area (TPSA) is 41.6 Å². The maximum absolute atomic E-state index is 12.1. The van der Waals surface area contributed by atoms with Gasteiger partial charge in [0.1, 0.15) is 5.75 Å². The van der Waals surface area contributed by atoms with Gasteiger partial charge in [0.25, 0.3) is 5.91 Å². The van der Waals surface area contributed by atoms with Crippen LogP contribution < -0.4 is 10.1 Å². The van der Waals surface area contributed by atoms with Crippen LogP contribution in [0.1, 0.15) is 63.9 Å². The maximum atomic E-state index is 12.1. The molecule has 26 heavy (non-hydrogen) atoms. The zero-order chi connectivity index (χ0) is 18.4. The van der Waals surface area contributed by atoms with Gasteiger partial charge in [-0.1, -0.05) is 38.8 Å². The van der Waals surface area contributed by atoms with Crippen molar-refractivity contribution in [2.75, 3.05) is 26.2 Å². The van der Waals surface area contributed by atoms with Crippen molar-refractivity contribution in [3.63, 3.8) is 0 Å². The number of carbonyl (C=O) groups excluding carboxylic acids is 1. The second-order valence-electron chi connectivity index (χ2n) is 8.23. The SMILES string of the molecule is CC(C)c1ccc(OCC(=O)NCC2CCN(C3CCCC3)CC2)cc1. The summed E-state index contributed by atoms with van der Waals surface area (Å²) in [5.41, 5.74) is 1.28. The number of nitrogens with zero attached hydrogens (tertiary/aromatic N) is 1. The van der Waals surface area contributed by atoms with Crippen LogP contribution >= 0.6 is 0 Å². The summed E-state index contributed by atoms with van der Waals surface area (Å²) in [5, 5.41) is 3.05. The summed E-state index contributed by atoms with van der Waals surface area (Å²) in [5.74, 6) is 1.86. The Kier molecular flexibility index (Phi) is 6.95. The fourth-order valence-corrected chi connectivity index (χ4v) is 4.20. The lowest BCUT2D eigenvalue weighted by atomic mass is 9.95. The van der Waals surface area contributed by atoms with Gasteiger partial charge in [0.05, 0.1) is 0 Å². The van der Waals surface area contributed by atoms with Crippen molar-refractivity contribution in [3.05, 3.63) is 29.8 Å². The molecule has 4 heteroatoms. The summed E-state index contributed by atoms with van der Waals surface area (Å²) in [6.45, 7) is 7.62. The average Bonchev–Trinajstić information content (AvgIpc) is 3.20. The number of hydrogen-bond acceptors (Lipinski definition) is 3. The van der Waals surface area contributed by atoms with Crippen molar-refractivity contribution in [3.8, 4) is 5.75 Å². The van der Waals surface area contributed by atoms with E-state index in [-0.39, 0.29) is 12.5 Å². The predicted octanol–water partition coefficient (Wildman–Crippen LogP) is 3.96. The molecule has 1 amide bonds. The highest BCUT2D eigenvalue weighted by atomic mass is 16.5. The van der Waals surface area contributed by atoms with Crippen LogP contribution in [0, 0.1) is 5.92 Å². The molecule has 1 aromatic rings. The smallest absolute Gasteiger partial charge is 0.257 e. The average molecular weight is 359 g/mol. The molecule has 0 bridgehead atoms. The second-order valence-corrected chi connectivity index (χ2v) is 8.23. The molecule has 1 saturated carbocycles. The molecule has 3 rings (SSSR count).